The molecule has 3 heteroatoms. The van der Waals surface area contributed by atoms with E-state index in [4.69, 9.17) is 0 Å². The van der Waals surface area contributed by atoms with E-state index in [-0.39, 0.29) is 11.6 Å². The lowest BCUT2D eigenvalue weighted by Gasteiger charge is -2.08. The molecule has 0 aromatic rings. The molecule has 0 unspecified atom stereocenters. The third-order valence-corrected chi connectivity index (χ3v) is 4.17. The van der Waals surface area contributed by atoms with Crippen LogP contribution in [-0.2, 0) is 14.4 Å². The summed E-state index contributed by atoms with van der Waals surface area (Å²) in [6, 6.07) is 0. The Labute approximate surface area is 151 Å². The number of hydrogen-bond donors (Lipinski definition) is 0. The van der Waals surface area contributed by atoms with Crippen molar-refractivity contribution in [2.24, 2.45) is 5.92 Å². The Morgan fingerprint density at radius 1 is 1.04 bits per heavy atom. The number of carbonyl (C=O) groups is 3. The zero-order chi connectivity index (χ0) is 19.0. The van der Waals surface area contributed by atoms with Crippen molar-refractivity contribution in [3.63, 3.8) is 0 Å². The van der Waals surface area contributed by atoms with E-state index in [1.165, 1.54) is 17.7 Å². The predicted octanol–water partition coefficient (Wildman–Crippen LogP) is 5.08. The highest BCUT2D eigenvalue weighted by Gasteiger charge is 2.16. The number of ketones is 3. The summed E-state index contributed by atoms with van der Waals surface area (Å²) in [5, 5.41) is 0. The van der Waals surface area contributed by atoms with Crippen molar-refractivity contribution in [1.29, 1.82) is 0 Å². The van der Waals surface area contributed by atoms with E-state index >= 15 is 0 Å². The van der Waals surface area contributed by atoms with Crippen LogP contribution in [0.5, 0.6) is 0 Å². The summed E-state index contributed by atoms with van der Waals surface area (Å²) in [5.74, 6) is 0.561. The molecule has 0 atom stereocenters. The minimum Gasteiger partial charge on any atom is -0.299 e. The van der Waals surface area contributed by atoms with Crippen LogP contribution in [0, 0.1) is 5.92 Å². The van der Waals surface area contributed by atoms with Crippen molar-refractivity contribution >= 4 is 17.3 Å². The normalized spacial score (nSPS) is 16.2. The molecular formula is C22H30O3. The van der Waals surface area contributed by atoms with Gasteiger partial charge in [0.15, 0.2) is 11.6 Å². The van der Waals surface area contributed by atoms with Gasteiger partial charge in [0.25, 0.3) is 0 Å². The molecule has 0 saturated carbocycles. The second-order valence-corrected chi connectivity index (χ2v) is 7.38. The van der Waals surface area contributed by atoms with Crippen LogP contribution in [0.4, 0.5) is 0 Å². The molecule has 1 aliphatic carbocycles. The topological polar surface area (TPSA) is 51.2 Å². The number of hydrogen-bond acceptors (Lipinski definition) is 3. The molecule has 25 heavy (non-hydrogen) atoms. The van der Waals surface area contributed by atoms with Gasteiger partial charge in [-0.1, -0.05) is 37.1 Å². The van der Waals surface area contributed by atoms with Crippen molar-refractivity contribution in [2.45, 2.75) is 66.7 Å². The van der Waals surface area contributed by atoms with E-state index in [1.54, 1.807) is 6.92 Å². The fraction of sp³-hybridized carbons (Fsp3) is 0.500. The Hall–Kier alpha value is -2.03. The molecule has 1 aliphatic rings. The summed E-state index contributed by atoms with van der Waals surface area (Å²) < 4.78 is 0. The molecule has 0 saturated heterocycles. The Kier molecular flexibility index (Phi) is 8.47. The van der Waals surface area contributed by atoms with E-state index in [1.807, 2.05) is 19.9 Å². The van der Waals surface area contributed by atoms with Gasteiger partial charge in [-0.05, 0) is 58.1 Å². The number of allylic oxidation sites excluding steroid dienone is 8. The van der Waals surface area contributed by atoms with Crippen LogP contribution in [0.1, 0.15) is 66.7 Å². The van der Waals surface area contributed by atoms with Gasteiger partial charge >= 0.3 is 0 Å². The number of rotatable bonds is 9. The monoisotopic (exact) mass is 342 g/mol. The van der Waals surface area contributed by atoms with Gasteiger partial charge in [0.05, 0.1) is 0 Å². The summed E-state index contributed by atoms with van der Waals surface area (Å²) in [7, 11) is 0. The first-order valence-corrected chi connectivity index (χ1v) is 8.99. The largest absolute Gasteiger partial charge is 0.299 e. The maximum atomic E-state index is 11.9. The van der Waals surface area contributed by atoms with Gasteiger partial charge in [0.1, 0.15) is 5.78 Å². The van der Waals surface area contributed by atoms with Gasteiger partial charge in [0, 0.05) is 24.0 Å². The Balaban J connectivity index is 2.45. The Morgan fingerprint density at radius 2 is 1.72 bits per heavy atom. The molecule has 0 heterocycles. The molecule has 0 fully saturated rings. The van der Waals surface area contributed by atoms with Crippen LogP contribution in [0.25, 0.3) is 0 Å². The smallest absolute Gasteiger partial charge is 0.182 e. The second kappa shape index (κ2) is 10.1. The van der Waals surface area contributed by atoms with Gasteiger partial charge < -0.3 is 0 Å². The summed E-state index contributed by atoms with van der Waals surface area (Å²) in [6.45, 7) is 9.81. The van der Waals surface area contributed by atoms with Crippen molar-refractivity contribution in [1.82, 2.24) is 0 Å². The van der Waals surface area contributed by atoms with E-state index < -0.39 is 0 Å². The maximum absolute atomic E-state index is 11.9. The molecule has 136 valence electrons. The van der Waals surface area contributed by atoms with Crippen molar-refractivity contribution in [3.05, 3.63) is 46.6 Å². The van der Waals surface area contributed by atoms with Crippen LogP contribution < -0.4 is 0 Å². The van der Waals surface area contributed by atoms with Crippen LogP contribution in [-0.4, -0.2) is 17.3 Å². The molecule has 0 spiro atoms. The van der Waals surface area contributed by atoms with Crippen LogP contribution in [0.15, 0.2) is 46.6 Å². The molecule has 0 aromatic carbocycles. The summed E-state index contributed by atoms with van der Waals surface area (Å²) >= 11 is 0. The minimum absolute atomic E-state index is 0.0689. The van der Waals surface area contributed by atoms with Crippen LogP contribution in [0.2, 0.25) is 0 Å². The highest BCUT2D eigenvalue weighted by molar-refractivity contribution is 6.19. The van der Waals surface area contributed by atoms with Gasteiger partial charge in [0.2, 0.25) is 0 Å². The third kappa shape index (κ3) is 8.06. The molecule has 0 aromatic heterocycles. The van der Waals surface area contributed by atoms with E-state index in [0.717, 1.165) is 18.4 Å². The molecule has 3 nitrogen and oxygen atoms in total. The first-order valence-electron chi connectivity index (χ1n) is 8.99. The summed E-state index contributed by atoms with van der Waals surface area (Å²) in [5.41, 5.74) is 3.36. The highest BCUT2D eigenvalue weighted by Crippen LogP contribution is 2.17. The summed E-state index contributed by atoms with van der Waals surface area (Å²) in [4.78, 5) is 35.3. The van der Waals surface area contributed by atoms with Crippen LogP contribution >= 0.6 is 0 Å². The van der Waals surface area contributed by atoms with Gasteiger partial charge in [-0.15, -0.1) is 0 Å². The Morgan fingerprint density at radius 3 is 2.36 bits per heavy atom. The molecule has 0 bridgehead atoms. The zero-order valence-electron chi connectivity index (χ0n) is 16.1. The average molecular weight is 342 g/mol. The van der Waals surface area contributed by atoms with E-state index in [9.17, 15) is 14.4 Å². The molecule has 0 aliphatic heterocycles. The maximum Gasteiger partial charge on any atom is 0.182 e. The molecule has 0 amide bonds. The number of carbonyl (C=O) groups excluding carboxylic acids is 3. The zero-order valence-corrected chi connectivity index (χ0v) is 16.1. The lowest BCUT2D eigenvalue weighted by atomic mass is 9.95. The fourth-order valence-corrected chi connectivity index (χ4v) is 2.71. The number of Topliss-reactive ketones (excluding diaryl/α,β-unsaturated/α-hetero) is 1. The minimum atomic E-state index is -0.0784. The predicted molar refractivity (Wildman–Crippen MR) is 102 cm³/mol. The van der Waals surface area contributed by atoms with Gasteiger partial charge in [-0.2, -0.15) is 0 Å². The first kappa shape index (κ1) is 21.0. The summed E-state index contributed by atoms with van der Waals surface area (Å²) in [6.07, 6.45) is 10.4. The van der Waals surface area contributed by atoms with Crippen molar-refractivity contribution in [3.8, 4) is 0 Å². The molecule has 0 radical (unpaired) electrons. The standard InChI is InChI=1S/C22H30O3/c1-15(2)11-20(23)12-17(4)8-6-7-16(3)9-10-19-14-21(24)18(5)13-22(19)25/h8-9,13-15H,6-7,10-12H2,1-5H3/b16-9+,17-8-. The van der Waals surface area contributed by atoms with Crippen LogP contribution in [0.3, 0.4) is 0 Å². The third-order valence-electron chi connectivity index (χ3n) is 4.17. The first-order chi connectivity index (χ1) is 11.7. The Bertz CT molecular complexity index is 655. The lowest BCUT2D eigenvalue weighted by molar-refractivity contribution is -0.119. The van der Waals surface area contributed by atoms with E-state index in [2.05, 4.69) is 19.9 Å². The fourth-order valence-electron chi connectivity index (χ4n) is 2.71. The molecular weight excluding hydrogens is 312 g/mol. The molecule has 0 N–H and O–H groups in total. The SMILES string of the molecule is CC1=CC(=O)C(C/C=C(\C)CC/C=C(/C)CC(=O)CC(C)C)=CC1=O. The average Bonchev–Trinajstić information content (AvgIpc) is 2.48. The quantitative estimate of drug-likeness (QED) is 0.434. The van der Waals surface area contributed by atoms with Gasteiger partial charge in [-0.25, -0.2) is 0 Å². The lowest BCUT2D eigenvalue weighted by Crippen LogP contribution is -2.11. The van der Waals surface area contributed by atoms with Crippen molar-refractivity contribution in [2.75, 3.05) is 0 Å². The second-order valence-electron chi connectivity index (χ2n) is 7.38. The van der Waals surface area contributed by atoms with E-state index in [0.29, 0.717) is 42.1 Å². The molecule has 1 rings (SSSR count). The van der Waals surface area contributed by atoms with Crippen molar-refractivity contribution < 1.29 is 14.4 Å². The highest BCUT2D eigenvalue weighted by atomic mass is 16.1. The van der Waals surface area contributed by atoms with Gasteiger partial charge in [-0.3, -0.25) is 14.4 Å².